The summed E-state index contributed by atoms with van der Waals surface area (Å²) in [4.78, 5) is 27.6. The maximum Gasteiger partial charge on any atom is 0.253 e. The van der Waals surface area contributed by atoms with Gasteiger partial charge in [0.15, 0.2) is 0 Å². The lowest BCUT2D eigenvalue weighted by molar-refractivity contribution is -0.136. The number of amides is 2. The smallest absolute Gasteiger partial charge is 0.253 e. The molecule has 1 spiro atoms. The second kappa shape index (κ2) is 9.26. The van der Waals surface area contributed by atoms with Gasteiger partial charge in [-0.1, -0.05) is 37.6 Å². The van der Waals surface area contributed by atoms with Crippen LogP contribution in [0, 0.1) is 11.3 Å². The fraction of sp³-hybridized carbons (Fsp3) is 0.600. The van der Waals surface area contributed by atoms with Crippen LogP contribution in [0.15, 0.2) is 24.3 Å². The molecule has 1 atom stereocenters. The molecule has 0 bridgehead atoms. The van der Waals surface area contributed by atoms with E-state index in [0.29, 0.717) is 16.0 Å². The van der Waals surface area contributed by atoms with Gasteiger partial charge in [0.05, 0.1) is 10.6 Å². The highest BCUT2D eigenvalue weighted by Gasteiger charge is 2.39. The summed E-state index contributed by atoms with van der Waals surface area (Å²) in [5.74, 6) is -0.268. The van der Waals surface area contributed by atoms with Gasteiger partial charge in [-0.05, 0) is 49.3 Å². The van der Waals surface area contributed by atoms with Crippen LogP contribution in [0.4, 0.5) is 0 Å². The topological polar surface area (TPSA) is 61.4 Å². The molecule has 1 unspecified atom stereocenters. The van der Waals surface area contributed by atoms with E-state index < -0.39 is 6.04 Å². The Balaban J connectivity index is 0.00000261. The van der Waals surface area contributed by atoms with Crippen molar-refractivity contribution in [2.75, 3.05) is 26.2 Å². The zero-order valence-electron chi connectivity index (χ0n) is 16.0. The molecule has 27 heavy (non-hydrogen) atoms. The number of nitrogens with one attached hydrogen (secondary N) is 2. The highest BCUT2D eigenvalue weighted by atomic mass is 35.5. The number of rotatable bonds is 4. The molecule has 0 aliphatic carbocycles. The summed E-state index contributed by atoms with van der Waals surface area (Å²) in [6, 6.07) is 6.38. The van der Waals surface area contributed by atoms with Crippen molar-refractivity contribution in [3.05, 3.63) is 34.9 Å². The van der Waals surface area contributed by atoms with Gasteiger partial charge in [-0.3, -0.25) is 9.59 Å². The molecule has 5 nitrogen and oxygen atoms in total. The molecule has 0 aromatic heterocycles. The fourth-order valence-electron chi connectivity index (χ4n) is 4.00. The highest BCUT2D eigenvalue weighted by Crippen LogP contribution is 2.37. The van der Waals surface area contributed by atoms with Crippen molar-refractivity contribution in [3.8, 4) is 0 Å². The second-order valence-corrected chi connectivity index (χ2v) is 8.33. The Kier molecular flexibility index (Phi) is 7.55. The number of hydrogen-bond donors (Lipinski definition) is 2. The quantitative estimate of drug-likeness (QED) is 0.796. The largest absolute Gasteiger partial charge is 0.341 e. The molecule has 1 aromatic carbocycles. The van der Waals surface area contributed by atoms with Crippen molar-refractivity contribution in [1.82, 2.24) is 15.5 Å². The Morgan fingerprint density at radius 1 is 1.19 bits per heavy atom. The summed E-state index contributed by atoms with van der Waals surface area (Å²) < 4.78 is 0. The zero-order chi connectivity index (χ0) is 18.7. The first kappa shape index (κ1) is 22.0. The molecule has 2 aliphatic rings. The average Bonchev–Trinajstić information content (AvgIpc) is 3.07. The Bertz CT molecular complexity index is 665. The van der Waals surface area contributed by atoms with E-state index in [1.807, 2.05) is 18.7 Å². The van der Waals surface area contributed by atoms with Crippen LogP contribution in [-0.4, -0.2) is 48.9 Å². The van der Waals surface area contributed by atoms with Crippen LogP contribution in [0.3, 0.4) is 0 Å². The summed E-state index contributed by atoms with van der Waals surface area (Å²) in [5, 5.41) is 6.75. The minimum absolute atomic E-state index is 0. The summed E-state index contributed by atoms with van der Waals surface area (Å²) in [5.41, 5.74) is 0.771. The first-order chi connectivity index (χ1) is 12.4. The van der Waals surface area contributed by atoms with E-state index in [-0.39, 0.29) is 30.1 Å². The van der Waals surface area contributed by atoms with Gasteiger partial charge in [0.25, 0.3) is 5.91 Å². The van der Waals surface area contributed by atoms with E-state index >= 15 is 0 Å². The van der Waals surface area contributed by atoms with Crippen LogP contribution >= 0.6 is 24.0 Å². The van der Waals surface area contributed by atoms with Crippen molar-refractivity contribution >= 4 is 35.8 Å². The molecule has 2 aliphatic heterocycles. The summed E-state index contributed by atoms with van der Waals surface area (Å²) in [6.07, 6.45) is 3.27. The molecule has 0 radical (unpaired) electrons. The maximum atomic E-state index is 13.1. The molecule has 2 saturated heterocycles. The van der Waals surface area contributed by atoms with Crippen molar-refractivity contribution in [2.24, 2.45) is 11.3 Å². The van der Waals surface area contributed by atoms with E-state index in [0.717, 1.165) is 39.0 Å². The number of carbonyl (C=O) groups excluding carboxylic acids is 2. The molecule has 0 saturated carbocycles. The normalized spacial score (nSPS) is 19.6. The molecule has 2 fully saturated rings. The van der Waals surface area contributed by atoms with Crippen LogP contribution in [0.5, 0.6) is 0 Å². The number of carbonyl (C=O) groups is 2. The number of piperidine rings is 1. The van der Waals surface area contributed by atoms with Crippen LogP contribution < -0.4 is 10.6 Å². The third-order valence-corrected chi connectivity index (χ3v) is 6.14. The predicted molar refractivity (Wildman–Crippen MR) is 111 cm³/mol. The van der Waals surface area contributed by atoms with Gasteiger partial charge in [-0.2, -0.15) is 0 Å². The second-order valence-electron chi connectivity index (χ2n) is 7.93. The molecular formula is C20H29Cl2N3O2. The van der Waals surface area contributed by atoms with E-state index in [1.165, 1.54) is 6.42 Å². The third-order valence-electron chi connectivity index (χ3n) is 5.81. The van der Waals surface area contributed by atoms with Gasteiger partial charge >= 0.3 is 0 Å². The minimum atomic E-state index is -0.533. The summed E-state index contributed by atoms with van der Waals surface area (Å²) in [6.45, 7) is 7.60. The van der Waals surface area contributed by atoms with Gasteiger partial charge < -0.3 is 15.5 Å². The van der Waals surface area contributed by atoms with E-state index in [9.17, 15) is 9.59 Å². The van der Waals surface area contributed by atoms with Crippen molar-refractivity contribution in [1.29, 1.82) is 0 Å². The minimum Gasteiger partial charge on any atom is -0.341 e. The van der Waals surface area contributed by atoms with Gasteiger partial charge in [-0.25, -0.2) is 0 Å². The molecule has 2 amide bonds. The zero-order valence-corrected chi connectivity index (χ0v) is 17.5. The number of halogens is 2. The van der Waals surface area contributed by atoms with Crippen LogP contribution in [0.1, 0.15) is 43.5 Å². The number of nitrogens with zero attached hydrogens (tertiary/aromatic N) is 1. The average molecular weight is 414 g/mol. The van der Waals surface area contributed by atoms with Gasteiger partial charge in [0.1, 0.15) is 6.04 Å². The van der Waals surface area contributed by atoms with E-state index in [2.05, 4.69) is 10.6 Å². The lowest BCUT2D eigenvalue weighted by Gasteiger charge is -2.40. The SMILES string of the molecule is CC(C)C(NC(=O)c1ccccc1Cl)C(=O)N1CCC2(CCNC2)CC1.Cl. The Morgan fingerprint density at radius 2 is 1.85 bits per heavy atom. The van der Waals surface area contributed by atoms with Gasteiger partial charge in [0, 0.05) is 19.6 Å². The molecule has 7 heteroatoms. The molecular weight excluding hydrogens is 385 g/mol. The lowest BCUT2D eigenvalue weighted by atomic mass is 9.77. The fourth-order valence-corrected chi connectivity index (χ4v) is 4.22. The maximum absolute atomic E-state index is 13.1. The molecule has 150 valence electrons. The van der Waals surface area contributed by atoms with Crippen LogP contribution in [0.2, 0.25) is 5.02 Å². The number of hydrogen-bond acceptors (Lipinski definition) is 3. The van der Waals surface area contributed by atoms with Crippen LogP contribution in [-0.2, 0) is 4.79 Å². The number of likely N-dealkylation sites (tertiary alicyclic amines) is 1. The van der Waals surface area contributed by atoms with Gasteiger partial charge in [0.2, 0.25) is 5.91 Å². The van der Waals surface area contributed by atoms with Crippen molar-refractivity contribution in [3.63, 3.8) is 0 Å². The summed E-state index contributed by atoms with van der Waals surface area (Å²) in [7, 11) is 0. The van der Waals surface area contributed by atoms with Crippen molar-refractivity contribution < 1.29 is 9.59 Å². The van der Waals surface area contributed by atoms with E-state index in [1.54, 1.807) is 24.3 Å². The van der Waals surface area contributed by atoms with E-state index in [4.69, 9.17) is 11.6 Å². The Labute approximate surface area is 172 Å². The van der Waals surface area contributed by atoms with Crippen LogP contribution in [0.25, 0.3) is 0 Å². The Hall–Kier alpha value is -1.30. The van der Waals surface area contributed by atoms with Gasteiger partial charge in [-0.15, -0.1) is 12.4 Å². The summed E-state index contributed by atoms with van der Waals surface area (Å²) >= 11 is 6.12. The first-order valence-corrected chi connectivity index (χ1v) is 9.85. The monoisotopic (exact) mass is 413 g/mol. The number of benzene rings is 1. The molecule has 1 aromatic rings. The predicted octanol–water partition coefficient (Wildman–Crippen LogP) is 3.12. The first-order valence-electron chi connectivity index (χ1n) is 9.47. The molecule has 2 N–H and O–H groups in total. The third kappa shape index (κ3) is 4.95. The Morgan fingerprint density at radius 3 is 2.41 bits per heavy atom. The molecule has 2 heterocycles. The standard InChI is InChI=1S/C20H28ClN3O2.ClH/c1-14(2)17(23-18(25)15-5-3-4-6-16(15)21)19(26)24-11-8-20(9-12-24)7-10-22-13-20;/h3-6,14,17,22H,7-13H2,1-2H3,(H,23,25);1H. The molecule has 3 rings (SSSR count). The van der Waals surface area contributed by atoms with Crippen molar-refractivity contribution in [2.45, 2.75) is 39.2 Å². The lowest BCUT2D eigenvalue weighted by Crippen LogP contribution is -2.54. The highest BCUT2D eigenvalue weighted by molar-refractivity contribution is 6.33.